The molecule has 2 nitrogen and oxygen atoms in total. The minimum Gasteiger partial charge on any atom is -0.266 e. The van der Waals surface area contributed by atoms with Crippen molar-refractivity contribution in [3.05, 3.63) is 17.0 Å². The van der Waals surface area contributed by atoms with Crippen molar-refractivity contribution in [2.45, 2.75) is 58.9 Å². The van der Waals surface area contributed by atoms with Crippen molar-refractivity contribution in [2.75, 3.05) is 0 Å². The lowest BCUT2D eigenvalue weighted by Crippen LogP contribution is -2.10. The van der Waals surface area contributed by atoms with Crippen molar-refractivity contribution in [1.82, 2.24) is 9.78 Å². The summed E-state index contributed by atoms with van der Waals surface area (Å²) in [7, 11) is 0. The number of hydrogen-bond acceptors (Lipinski definition) is 1. The fourth-order valence-corrected chi connectivity index (χ4v) is 2.44. The Morgan fingerprint density at radius 2 is 1.86 bits per heavy atom. The van der Waals surface area contributed by atoms with E-state index in [0.29, 0.717) is 12.0 Å². The number of aromatic nitrogens is 2. The molecule has 0 N–H and O–H groups in total. The number of fused-ring (bicyclic) bond motifs is 1. The molecule has 1 heterocycles. The van der Waals surface area contributed by atoms with Crippen LogP contribution in [0.25, 0.3) is 0 Å². The number of hydrogen-bond donors (Lipinski definition) is 0. The molecule has 14 heavy (non-hydrogen) atoms. The van der Waals surface area contributed by atoms with Gasteiger partial charge in [0.2, 0.25) is 0 Å². The topological polar surface area (TPSA) is 17.8 Å². The van der Waals surface area contributed by atoms with Gasteiger partial charge in [-0.05, 0) is 44.6 Å². The Kier molecular flexibility index (Phi) is 2.38. The predicted molar refractivity (Wildman–Crippen MR) is 58.7 cm³/mol. The molecule has 0 aliphatic heterocycles. The van der Waals surface area contributed by atoms with Crippen molar-refractivity contribution >= 4 is 0 Å². The molecule has 0 saturated heterocycles. The van der Waals surface area contributed by atoms with Crippen LogP contribution in [-0.2, 0) is 12.8 Å². The van der Waals surface area contributed by atoms with Gasteiger partial charge in [0.05, 0.1) is 5.69 Å². The van der Waals surface area contributed by atoms with Crippen molar-refractivity contribution in [3.8, 4) is 0 Å². The van der Waals surface area contributed by atoms with E-state index < -0.39 is 0 Å². The molecule has 0 spiro atoms. The third kappa shape index (κ3) is 1.37. The van der Waals surface area contributed by atoms with E-state index in [-0.39, 0.29) is 0 Å². The second kappa shape index (κ2) is 3.41. The molecule has 0 aromatic carbocycles. The van der Waals surface area contributed by atoms with E-state index >= 15 is 0 Å². The van der Waals surface area contributed by atoms with Gasteiger partial charge < -0.3 is 0 Å². The lowest BCUT2D eigenvalue weighted by Gasteiger charge is -2.15. The largest absolute Gasteiger partial charge is 0.266 e. The zero-order valence-electron chi connectivity index (χ0n) is 9.67. The van der Waals surface area contributed by atoms with Gasteiger partial charge in [-0.1, -0.05) is 13.8 Å². The van der Waals surface area contributed by atoms with Crippen molar-refractivity contribution in [3.63, 3.8) is 0 Å². The first-order chi connectivity index (χ1) is 6.61. The zero-order chi connectivity index (χ0) is 10.3. The molecule has 78 valence electrons. The fourth-order valence-electron chi connectivity index (χ4n) is 2.44. The van der Waals surface area contributed by atoms with Crippen LogP contribution in [-0.4, -0.2) is 9.78 Å². The maximum Gasteiger partial charge on any atom is 0.0659 e. The Morgan fingerprint density at radius 3 is 2.43 bits per heavy atom. The van der Waals surface area contributed by atoms with Crippen molar-refractivity contribution in [1.29, 1.82) is 0 Å². The second-order valence-electron chi connectivity index (χ2n) is 4.86. The highest BCUT2D eigenvalue weighted by atomic mass is 15.3. The van der Waals surface area contributed by atoms with Gasteiger partial charge in [-0.3, -0.25) is 4.68 Å². The van der Waals surface area contributed by atoms with Crippen LogP contribution in [0.5, 0.6) is 0 Å². The average Bonchev–Trinajstić information content (AvgIpc) is 2.58. The summed E-state index contributed by atoms with van der Waals surface area (Å²) in [4.78, 5) is 0. The van der Waals surface area contributed by atoms with E-state index in [1.165, 1.54) is 30.7 Å². The summed E-state index contributed by atoms with van der Waals surface area (Å²) in [5.74, 6) is 0.603. The van der Waals surface area contributed by atoms with Gasteiger partial charge in [-0.25, -0.2) is 0 Å². The molecule has 1 aromatic rings. The van der Waals surface area contributed by atoms with E-state index in [2.05, 4.69) is 32.4 Å². The van der Waals surface area contributed by atoms with Crippen LogP contribution in [0.1, 0.15) is 63.0 Å². The Balaban J connectivity index is 2.51. The standard InChI is InChI=1S/C12H20N2/c1-8(2)12-10-6-5-7-11(10)13-14(12)9(3)4/h8-9H,5-7H2,1-4H3. The molecule has 0 unspecified atom stereocenters. The van der Waals surface area contributed by atoms with Crippen LogP contribution in [0.15, 0.2) is 0 Å². The highest BCUT2D eigenvalue weighted by Gasteiger charge is 2.24. The van der Waals surface area contributed by atoms with Crippen molar-refractivity contribution in [2.24, 2.45) is 0 Å². The normalized spacial score (nSPS) is 15.6. The maximum absolute atomic E-state index is 4.73. The Hall–Kier alpha value is -0.790. The lowest BCUT2D eigenvalue weighted by atomic mass is 10.0. The van der Waals surface area contributed by atoms with E-state index in [0.717, 1.165) is 0 Å². The highest BCUT2D eigenvalue weighted by molar-refractivity contribution is 5.32. The van der Waals surface area contributed by atoms with Gasteiger partial charge in [0.1, 0.15) is 0 Å². The molecule has 1 aromatic heterocycles. The van der Waals surface area contributed by atoms with Gasteiger partial charge in [-0.2, -0.15) is 5.10 Å². The van der Waals surface area contributed by atoms with Crippen LogP contribution in [0, 0.1) is 0 Å². The third-order valence-electron chi connectivity index (χ3n) is 3.01. The van der Waals surface area contributed by atoms with Crippen LogP contribution in [0.2, 0.25) is 0 Å². The SMILES string of the molecule is CC(C)c1c2c(nn1C(C)C)CCC2. The van der Waals surface area contributed by atoms with Crippen LogP contribution in [0.3, 0.4) is 0 Å². The monoisotopic (exact) mass is 192 g/mol. The molecule has 2 rings (SSSR count). The molecule has 0 fully saturated rings. The first-order valence-corrected chi connectivity index (χ1v) is 5.71. The Morgan fingerprint density at radius 1 is 1.14 bits per heavy atom. The number of rotatable bonds is 2. The third-order valence-corrected chi connectivity index (χ3v) is 3.01. The number of nitrogens with zero attached hydrogens (tertiary/aromatic N) is 2. The molecule has 0 bridgehead atoms. The summed E-state index contributed by atoms with van der Waals surface area (Å²) in [6.45, 7) is 8.98. The zero-order valence-corrected chi connectivity index (χ0v) is 9.67. The molecule has 0 saturated carbocycles. The van der Waals surface area contributed by atoms with Crippen molar-refractivity contribution < 1.29 is 0 Å². The summed E-state index contributed by atoms with van der Waals surface area (Å²) < 4.78 is 2.23. The Bertz CT molecular complexity index is 334. The minimum absolute atomic E-state index is 0.498. The average molecular weight is 192 g/mol. The summed E-state index contributed by atoms with van der Waals surface area (Å²) in [6.07, 6.45) is 3.74. The molecule has 1 aliphatic rings. The minimum atomic E-state index is 0.498. The molecule has 2 heteroatoms. The quantitative estimate of drug-likeness (QED) is 0.704. The smallest absolute Gasteiger partial charge is 0.0659 e. The van der Waals surface area contributed by atoms with E-state index in [4.69, 9.17) is 5.10 Å². The summed E-state index contributed by atoms with van der Waals surface area (Å²) in [5, 5.41) is 4.73. The first-order valence-electron chi connectivity index (χ1n) is 5.71. The summed E-state index contributed by atoms with van der Waals surface area (Å²) in [6, 6.07) is 0.498. The van der Waals surface area contributed by atoms with E-state index in [1.54, 1.807) is 5.56 Å². The maximum atomic E-state index is 4.73. The van der Waals surface area contributed by atoms with Crippen LogP contribution >= 0.6 is 0 Å². The van der Waals surface area contributed by atoms with Gasteiger partial charge >= 0.3 is 0 Å². The van der Waals surface area contributed by atoms with Gasteiger partial charge in [0.25, 0.3) is 0 Å². The Labute approximate surface area is 86.3 Å². The van der Waals surface area contributed by atoms with Crippen LogP contribution < -0.4 is 0 Å². The molecular formula is C12H20N2. The molecule has 0 atom stereocenters. The second-order valence-corrected chi connectivity index (χ2v) is 4.86. The highest BCUT2D eigenvalue weighted by Crippen LogP contribution is 2.31. The van der Waals surface area contributed by atoms with Gasteiger partial charge in [0.15, 0.2) is 0 Å². The number of aryl methyl sites for hydroxylation is 1. The van der Waals surface area contributed by atoms with Gasteiger partial charge in [0, 0.05) is 11.7 Å². The van der Waals surface area contributed by atoms with E-state index in [9.17, 15) is 0 Å². The molecule has 1 aliphatic carbocycles. The summed E-state index contributed by atoms with van der Waals surface area (Å²) >= 11 is 0. The van der Waals surface area contributed by atoms with Crippen LogP contribution in [0.4, 0.5) is 0 Å². The fraction of sp³-hybridized carbons (Fsp3) is 0.750. The first kappa shape index (κ1) is 9.75. The molecule has 0 amide bonds. The van der Waals surface area contributed by atoms with Gasteiger partial charge in [-0.15, -0.1) is 0 Å². The molecule has 0 radical (unpaired) electrons. The molecular weight excluding hydrogens is 172 g/mol. The predicted octanol–water partition coefficient (Wildman–Crippen LogP) is 3.08. The van der Waals surface area contributed by atoms with E-state index in [1.807, 2.05) is 0 Å². The summed E-state index contributed by atoms with van der Waals surface area (Å²) in [5.41, 5.74) is 4.39. The lowest BCUT2D eigenvalue weighted by molar-refractivity contribution is 0.489.